The minimum Gasteiger partial charge on any atom is -0.481 e. The summed E-state index contributed by atoms with van der Waals surface area (Å²) in [5, 5.41) is 11.6. The van der Waals surface area contributed by atoms with Crippen LogP contribution in [-0.2, 0) is 9.53 Å². The van der Waals surface area contributed by atoms with Crippen LogP contribution in [0.5, 0.6) is 0 Å². The van der Waals surface area contributed by atoms with Gasteiger partial charge in [0.05, 0.1) is 13.2 Å². The maximum Gasteiger partial charge on any atom is 0.317 e. The van der Waals surface area contributed by atoms with E-state index in [0.29, 0.717) is 51.1 Å². The van der Waals surface area contributed by atoms with Crippen LogP contribution >= 0.6 is 0 Å². The second-order valence-electron chi connectivity index (χ2n) is 5.56. The van der Waals surface area contributed by atoms with Gasteiger partial charge in [-0.25, -0.2) is 4.79 Å². The Morgan fingerprint density at radius 3 is 2.45 bits per heavy atom. The van der Waals surface area contributed by atoms with Crippen LogP contribution in [-0.4, -0.2) is 54.9 Å². The number of nitrogens with zero attached hydrogens (tertiary/aromatic N) is 1. The Hall–Kier alpha value is -1.30. The van der Waals surface area contributed by atoms with E-state index in [1.807, 2.05) is 0 Å². The van der Waals surface area contributed by atoms with Crippen molar-refractivity contribution in [2.24, 2.45) is 11.8 Å². The quantitative estimate of drug-likeness (QED) is 0.744. The standard InChI is InChI=1S/C14H26N2O4/c1-11(2)12(3-4-13(17)18)5-6-15-14(19)16-7-9-20-10-8-16/h11-12H,3-10H2,1-2H3,(H,15,19)(H,17,18). The number of aliphatic carboxylic acids is 1. The Labute approximate surface area is 120 Å². The summed E-state index contributed by atoms with van der Waals surface area (Å²) in [5.74, 6) is -0.00118. The van der Waals surface area contributed by atoms with E-state index < -0.39 is 5.97 Å². The van der Waals surface area contributed by atoms with E-state index in [-0.39, 0.29) is 12.5 Å². The summed E-state index contributed by atoms with van der Waals surface area (Å²) in [6, 6.07) is -0.0472. The molecule has 2 amide bonds. The molecular weight excluding hydrogens is 260 g/mol. The highest BCUT2D eigenvalue weighted by atomic mass is 16.5. The van der Waals surface area contributed by atoms with Crippen LogP contribution in [0.15, 0.2) is 0 Å². The fraction of sp³-hybridized carbons (Fsp3) is 0.857. The molecule has 6 nitrogen and oxygen atoms in total. The van der Waals surface area contributed by atoms with Crippen LogP contribution in [0.2, 0.25) is 0 Å². The molecule has 0 aromatic rings. The number of rotatable bonds is 7. The lowest BCUT2D eigenvalue weighted by Crippen LogP contribution is -2.46. The Morgan fingerprint density at radius 2 is 1.90 bits per heavy atom. The number of urea groups is 1. The van der Waals surface area contributed by atoms with E-state index in [4.69, 9.17) is 9.84 Å². The van der Waals surface area contributed by atoms with Crippen LogP contribution in [0.3, 0.4) is 0 Å². The molecule has 1 atom stereocenters. The minimum absolute atomic E-state index is 0.0472. The molecule has 1 heterocycles. The SMILES string of the molecule is CC(C)C(CCNC(=O)N1CCOCC1)CCC(=O)O. The van der Waals surface area contributed by atoms with Crippen LogP contribution < -0.4 is 5.32 Å². The second kappa shape index (κ2) is 8.79. The van der Waals surface area contributed by atoms with Crippen LogP contribution in [0.4, 0.5) is 4.79 Å². The van der Waals surface area contributed by atoms with Gasteiger partial charge < -0.3 is 20.1 Å². The minimum atomic E-state index is -0.756. The molecule has 116 valence electrons. The fourth-order valence-electron chi connectivity index (χ4n) is 2.36. The van der Waals surface area contributed by atoms with E-state index in [1.54, 1.807) is 4.90 Å². The lowest BCUT2D eigenvalue weighted by Gasteiger charge is -2.27. The van der Waals surface area contributed by atoms with Crippen molar-refractivity contribution in [3.05, 3.63) is 0 Å². The molecule has 6 heteroatoms. The summed E-state index contributed by atoms with van der Waals surface area (Å²) in [7, 11) is 0. The van der Waals surface area contributed by atoms with Gasteiger partial charge in [-0.3, -0.25) is 4.79 Å². The highest BCUT2D eigenvalue weighted by Gasteiger charge is 2.18. The van der Waals surface area contributed by atoms with E-state index in [1.165, 1.54) is 0 Å². The molecule has 0 saturated carbocycles. The summed E-state index contributed by atoms with van der Waals surface area (Å²) in [6.45, 7) is 7.25. The predicted octanol–water partition coefficient (Wildman–Crippen LogP) is 1.56. The van der Waals surface area contributed by atoms with Gasteiger partial charge in [0.25, 0.3) is 0 Å². The van der Waals surface area contributed by atoms with E-state index in [2.05, 4.69) is 19.2 Å². The molecule has 0 spiro atoms. The van der Waals surface area contributed by atoms with Crippen LogP contribution in [0, 0.1) is 11.8 Å². The highest BCUT2D eigenvalue weighted by molar-refractivity contribution is 5.74. The third kappa shape index (κ3) is 6.23. The van der Waals surface area contributed by atoms with Crippen molar-refractivity contribution in [1.29, 1.82) is 0 Å². The van der Waals surface area contributed by atoms with Crippen molar-refractivity contribution in [3.63, 3.8) is 0 Å². The molecule has 1 rings (SSSR count). The zero-order valence-corrected chi connectivity index (χ0v) is 12.4. The first-order valence-corrected chi connectivity index (χ1v) is 7.33. The lowest BCUT2D eigenvalue weighted by atomic mass is 9.88. The highest BCUT2D eigenvalue weighted by Crippen LogP contribution is 2.20. The van der Waals surface area contributed by atoms with Crippen molar-refractivity contribution in [2.45, 2.75) is 33.1 Å². The first-order valence-electron chi connectivity index (χ1n) is 7.33. The number of carbonyl (C=O) groups is 2. The Kier molecular flexibility index (Phi) is 7.36. The molecule has 2 N–H and O–H groups in total. The first kappa shape index (κ1) is 16.8. The summed E-state index contributed by atoms with van der Waals surface area (Å²) in [4.78, 5) is 24.3. The predicted molar refractivity (Wildman–Crippen MR) is 75.6 cm³/mol. The summed E-state index contributed by atoms with van der Waals surface area (Å²) in [5.41, 5.74) is 0. The number of nitrogens with one attached hydrogen (secondary N) is 1. The number of carbonyl (C=O) groups excluding carboxylic acids is 1. The summed E-state index contributed by atoms with van der Waals surface area (Å²) < 4.78 is 5.20. The molecule has 0 radical (unpaired) electrons. The second-order valence-corrected chi connectivity index (χ2v) is 5.56. The molecule has 0 aliphatic carbocycles. The molecule has 0 aromatic heterocycles. The third-order valence-corrected chi connectivity index (χ3v) is 3.76. The molecule has 1 fully saturated rings. The van der Waals surface area contributed by atoms with Gasteiger partial charge in [-0.1, -0.05) is 13.8 Å². The average molecular weight is 286 g/mol. The number of hydrogen-bond donors (Lipinski definition) is 2. The van der Waals surface area contributed by atoms with Gasteiger partial charge >= 0.3 is 12.0 Å². The number of amides is 2. The maximum absolute atomic E-state index is 11.9. The zero-order chi connectivity index (χ0) is 15.0. The van der Waals surface area contributed by atoms with Crippen LogP contribution in [0.25, 0.3) is 0 Å². The van der Waals surface area contributed by atoms with Crippen molar-refractivity contribution < 1.29 is 19.4 Å². The van der Waals surface area contributed by atoms with Crippen molar-refractivity contribution in [2.75, 3.05) is 32.8 Å². The Morgan fingerprint density at radius 1 is 1.25 bits per heavy atom. The lowest BCUT2D eigenvalue weighted by molar-refractivity contribution is -0.137. The van der Waals surface area contributed by atoms with Gasteiger partial charge in [-0.15, -0.1) is 0 Å². The van der Waals surface area contributed by atoms with Gasteiger partial charge in [0.2, 0.25) is 0 Å². The van der Waals surface area contributed by atoms with Gasteiger partial charge in [-0.2, -0.15) is 0 Å². The van der Waals surface area contributed by atoms with Gasteiger partial charge in [0.15, 0.2) is 0 Å². The number of hydrogen-bond acceptors (Lipinski definition) is 3. The summed E-state index contributed by atoms with van der Waals surface area (Å²) in [6.07, 6.45) is 1.68. The number of carboxylic acid groups (broad SMARTS) is 1. The zero-order valence-electron chi connectivity index (χ0n) is 12.4. The van der Waals surface area contributed by atoms with E-state index in [0.717, 1.165) is 6.42 Å². The number of morpholine rings is 1. The fourth-order valence-corrected chi connectivity index (χ4v) is 2.36. The molecule has 1 unspecified atom stereocenters. The van der Waals surface area contributed by atoms with Crippen LogP contribution in [0.1, 0.15) is 33.1 Å². The van der Waals surface area contributed by atoms with E-state index in [9.17, 15) is 9.59 Å². The van der Waals surface area contributed by atoms with E-state index >= 15 is 0 Å². The Balaban J connectivity index is 2.25. The number of ether oxygens (including phenoxy) is 1. The molecule has 20 heavy (non-hydrogen) atoms. The van der Waals surface area contributed by atoms with Gasteiger partial charge in [-0.05, 0) is 24.7 Å². The normalized spacial score (nSPS) is 17.1. The number of carboxylic acids is 1. The van der Waals surface area contributed by atoms with Crippen molar-refractivity contribution in [3.8, 4) is 0 Å². The summed E-state index contributed by atoms with van der Waals surface area (Å²) >= 11 is 0. The van der Waals surface area contributed by atoms with Gasteiger partial charge in [0, 0.05) is 26.1 Å². The largest absolute Gasteiger partial charge is 0.481 e. The molecule has 0 aromatic carbocycles. The Bertz CT molecular complexity index is 314. The molecular formula is C14H26N2O4. The molecule has 1 saturated heterocycles. The topological polar surface area (TPSA) is 78.9 Å². The smallest absolute Gasteiger partial charge is 0.317 e. The van der Waals surface area contributed by atoms with Crippen molar-refractivity contribution >= 4 is 12.0 Å². The molecule has 1 aliphatic heterocycles. The van der Waals surface area contributed by atoms with Gasteiger partial charge in [0.1, 0.15) is 0 Å². The van der Waals surface area contributed by atoms with Crippen molar-refractivity contribution in [1.82, 2.24) is 10.2 Å². The molecule has 1 aliphatic rings. The maximum atomic E-state index is 11.9. The molecule has 0 bridgehead atoms. The average Bonchev–Trinajstić information content (AvgIpc) is 2.42. The monoisotopic (exact) mass is 286 g/mol. The third-order valence-electron chi connectivity index (χ3n) is 3.76. The first-order chi connectivity index (χ1) is 9.50.